The third-order valence-electron chi connectivity index (χ3n) is 8.64. The van der Waals surface area contributed by atoms with Gasteiger partial charge in [0.2, 0.25) is 0 Å². The van der Waals surface area contributed by atoms with E-state index in [1.807, 2.05) is 0 Å². The predicted molar refractivity (Wildman–Crippen MR) is 90.4 cm³/mol. The van der Waals surface area contributed by atoms with Crippen molar-refractivity contribution in [2.75, 3.05) is 0 Å². The molecular formula is C21H34O. The van der Waals surface area contributed by atoms with Crippen LogP contribution >= 0.6 is 0 Å². The van der Waals surface area contributed by atoms with Gasteiger partial charge in [-0.2, -0.15) is 0 Å². The fourth-order valence-corrected chi connectivity index (χ4v) is 7.79. The third-order valence-corrected chi connectivity index (χ3v) is 8.64. The van der Waals surface area contributed by atoms with Crippen LogP contribution in [0, 0.1) is 46.8 Å². The molecule has 0 saturated heterocycles. The Morgan fingerprint density at radius 3 is 2.55 bits per heavy atom. The van der Waals surface area contributed by atoms with Crippen molar-refractivity contribution in [3.05, 3.63) is 0 Å². The molecule has 0 N–H and O–H groups in total. The molecule has 0 spiro atoms. The molecule has 0 radical (unpaired) electrons. The minimum atomic E-state index is 0.557. The second-order valence-corrected chi connectivity index (χ2v) is 9.69. The monoisotopic (exact) mass is 302 g/mol. The fourth-order valence-electron chi connectivity index (χ4n) is 7.79. The van der Waals surface area contributed by atoms with Crippen LogP contribution in [0.5, 0.6) is 0 Å². The fraction of sp³-hybridized carbons (Fsp3) is 0.952. The van der Waals surface area contributed by atoms with Gasteiger partial charge in [0, 0.05) is 12.8 Å². The average Bonchev–Trinajstić information content (AvgIpc) is 2.84. The number of rotatable bonds is 1. The molecule has 0 aromatic carbocycles. The lowest BCUT2D eigenvalue weighted by Crippen LogP contribution is -2.49. The van der Waals surface area contributed by atoms with Gasteiger partial charge in [0.25, 0.3) is 0 Å². The molecular weight excluding hydrogens is 268 g/mol. The SMILES string of the molecule is CC(C)C1CCC2C3CCC4CC(=O)CCC4C3CCC12C. The summed E-state index contributed by atoms with van der Waals surface area (Å²) in [6, 6.07) is 0. The van der Waals surface area contributed by atoms with Crippen LogP contribution in [-0.4, -0.2) is 5.78 Å². The molecule has 4 saturated carbocycles. The number of carbonyl (C=O) groups is 1. The first-order chi connectivity index (χ1) is 10.5. The van der Waals surface area contributed by atoms with E-state index in [2.05, 4.69) is 20.8 Å². The van der Waals surface area contributed by atoms with Crippen molar-refractivity contribution in [3.63, 3.8) is 0 Å². The van der Waals surface area contributed by atoms with Gasteiger partial charge in [-0.05, 0) is 91.8 Å². The van der Waals surface area contributed by atoms with E-state index >= 15 is 0 Å². The van der Waals surface area contributed by atoms with Crippen molar-refractivity contribution in [2.24, 2.45) is 46.8 Å². The lowest BCUT2D eigenvalue weighted by atomic mass is 9.49. The Morgan fingerprint density at radius 2 is 1.77 bits per heavy atom. The second kappa shape index (κ2) is 5.35. The van der Waals surface area contributed by atoms with E-state index in [9.17, 15) is 4.79 Å². The van der Waals surface area contributed by atoms with Crippen LogP contribution in [0.4, 0.5) is 0 Å². The van der Waals surface area contributed by atoms with E-state index in [4.69, 9.17) is 0 Å². The van der Waals surface area contributed by atoms with Crippen LogP contribution in [-0.2, 0) is 4.79 Å². The van der Waals surface area contributed by atoms with Crippen molar-refractivity contribution in [1.29, 1.82) is 0 Å². The highest BCUT2D eigenvalue weighted by Gasteiger charge is 2.57. The van der Waals surface area contributed by atoms with Gasteiger partial charge in [-0.3, -0.25) is 4.79 Å². The minimum absolute atomic E-state index is 0.557. The summed E-state index contributed by atoms with van der Waals surface area (Å²) in [7, 11) is 0. The van der Waals surface area contributed by atoms with E-state index in [-0.39, 0.29) is 0 Å². The first-order valence-corrected chi connectivity index (χ1v) is 10.0. The number of hydrogen-bond acceptors (Lipinski definition) is 1. The van der Waals surface area contributed by atoms with E-state index in [0.29, 0.717) is 11.2 Å². The summed E-state index contributed by atoms with van der Waals surface area (Å²) in [6.07, 6.45) is 11.7. The zero-order valence-electron chi connectivity index (χ0n) is 14.8. The van der Waals surface area contributed by atoms with Gasteiger partial charge in [0.1, 0.15) is 5.78 Å². The van der Waals surface area contributed by atoms with Gasteiger partial charge >= 0.3 is 0 Å². The van der Waals surface area contributed by atoms with E-state index in [0.717, 1.165) is 54.3 Å². The zero-order valence-corrected chi connectivity index (χ0v) is 14.8. The van der Waals surface area contributed by atoms with Crippen molar-refractivity contribution < 1.29 is 4.79 Å². The highest BCUT2D eigenvalue weighted by molar-refractivity contribution is 5.79. The molecule has 124 valence electrons. The predicted octanol–water partition coefficient (Wildman–Crippen LogP) is 5.48. The van der Waals surface area contributed by atoms with Gasteiger partial charge in [0.15, 0.2) is 0 Å². The normalized spacial score (nSPS) is 51.4. The van der Waals surface area contributed by atoms with Gasteiger partial charge in [-0.25, -0.2) is 0 Å². The molecule has 4 aliphatic carbocycles. The van der Waals surface area contributed by atoms with E-state index < -0.39 is 0 Å². The molecule has 0 aromatic heterocycles. The molecule has 0 heterocycles. The van der Waals surface area contributed by atoms with Crippen LogP contribution in [0.25, 0.3) is 0 Å². The Morgan fingerprint density at radius 1 is 0.955 bits per heavy atom. The molecule has 4 rings (SSSR count). The molecule has 4 fully saturated rings. The quantitative estimate of drug-likeness (QED) is 0.627. The largest absolute Gasteiger partial charge is 0.300 e. The van der Waals surface area contributed by atoms with Crippen LogP contribution in [0.15, 0.2) is 0 Å². The lowest BCUT2D eigenvalue weighted by Gasteiger charge is -2.56. The summed E-state index contributed by atoms with van der Waals surface area (Å²) in [4.78, 5) is 11.8. The van der Waals surface area contributed by atoms with E-state index in [1.54, 1.807) is 0 Å². The number of hydrogen-bond donors (Lipinski definition) is 0. The van der Waals surface area contributed by atoms with Crippen LogP contribution in [0.2, 0.25) is 0 Å². The molecule has 0 aliphatic heterocycles. The minimum Gasteiger partial charge on any atom is -0.300 e. The number of fused-ring (bicyclic) bond motifs is 5. The van der Waals surface area contributed by atoms with Crippen LogP contribution in [0.3, 0.4) is 0 Å². The van der Waals surface area contributed by atoms with Gasteiger partial charge in [-0.15, -0.1) is 0 Å². The third kappa shape index (κ3) is 2.13. The molecule has 1 nitrogen and oxygen atoms in total. The molecule has 1 heteroatoms. The maximum atomic E-state index is 11.8. The summed E-state index contributed by atoms with van der Waals surface area (Å²) < 4.78 is 0. The zero-order chi connectivity index (χ0) is 15.5. The average molecular weight is 303 g/mol. The topological polar surface area (TPSA) is 17.1 Å². The molecule has 4 aliphatic rings. The number of carbonyl (C=O) groups excluding carboxylic acids is 1. The summed E-state index contributed by atoms with van der Waals surface area (Å²) in [6.45, 7) is 7.55. The first-order valence-electron chi connectivity index (χ1n) is 10.0. The molecule has 0 bridgehead atoms. The maximum Gasteiger partial charge on any atom is 0.133 e. The van der Waals surface area contributed by atoms with Crippen LogP contribution in [0.1, 0.15) is 78.6 Å². The van der Waals surface area contributed by atoms with Crippen molar-refractivity contribution >= 4 is 5.78 Å². The Balaban J connectivity index is 1.56. The first kappa shape index (κ1) is 15.2. The van der Waals surface area contributed by atoms with E-state index in [1.165, 1.54) is 44.9 Å². The number of Topliss-reactive ketones (excluding diaryl/α,β-unsaturated/α-hetero) is 1. The molecule has 7 atom stereocenters. The van der Waals surface area contributed by atoms with Crippen molar-refractivity contribution in [1.82, 2.24) is 0 Å². The second-order valence-electron chi connectivity index (χ2n) is 9.69. The van der Waals surface area contributed by atoms with Gasteiger partial charge in [-0.1, -0.05) is 20.8 Å². The Bertz CT molecular complexity index is 453. The molecule has 22 heavy (non-hydrogen) atoms. The summed E-state index contributed by atoms with van der Waals surface area (Å²) in [5.41, 5.74) is 0.632. The molecule has 0 amide bonds. The molecule has 7 unspecified atom stereocenters. The Kier molecular flexibility index (Phi) is 3.70. The standard InChI is InChI=1S/C21H34O/c1-13(2)19-8-9-20-18-6-4-14-12-15(22)5-7-16(14)17(18)10-11-21(19,20)3/h13-14,16-20H,4-12H2,1-3H3. The maximum absolute atomic E-state index is 11.8. The Labute approximate surface area is 136 Å². The van der Waals surface area contributed by atoms with Crippen LogP contribution < -0.4 is 0 Å². The smallest absolute Gasteiger partial charge is 0.133 e. The Hall–Kier alpha value is -0.330. The molecule has 0 aromatic rings. The summed E-state index contributed by atoms with van der Waals surface area (Å²) >= 11 is 0. The van der Waals surface area contributed by atoms with Crippen molar-refractivity contribution in [2.45, 2.75) is 78.6 Å². The number of ketones is 1. The highest BCUT2D eigenvalue weighted by Crippen LogP contribution is 2.65. The highest BCUT2D eigenvalue weighted by atomic mass is 16.1. The lowest BCUT2D eigenvalue weighted by molar-refractivity contribution is -0.127. The van der Waals surface area contributed by atoms with Crippen molar-refractivity contribution in [3.8, 4) is 0 Å². The van der Waals surface area contributed by atoms with Gasteiger partial charge in [0.05, 0.1) is 0 Å². The van der Waals surface area contributed by atoms with Gasteiger partial charge < -0.3 is 0 Å². The summed E-state index contributed by atoms with van der Waals surface area (Å²) in [5.74, 6) is 7.00. The summed E-state index contributed by atoms with van der Waals surface area (Å²) in [5, 5.41) is 0.